The lowest BCUT2D eigenvalue weighted by molar-refractivity contribution is -0.137. The van der Waals surface area contributed by atoms with E-state index in [9.17, 15) is 27.2 Å². The average molecular weight is 572 g/mol. The first kappa shape index (κ1) is 27.8. The van der Waals surface area contributed by atoms with E-state index in [0.29, 0.717) is 53.9 Å². The van der Waals surface area contributed by atoms with Crippen LogP contribution in [0.1, 0.15) is 41.0 Å². The number of nitrogens with zero attached hydrogens (tertiary/aromatic N) is 5. The number of fused-ring (bicyclic) bond motifs is 2. The second-order valence-electron chi connectivity index (χ2n) is 9.71. The first-order valence-corrected chi connectivity index (χ1v) is 12.6. The number of benzene rings is 1. The van der Waals surface area contributed by atoms with E-state index < -0.39 is 35.3 Å². The van der Waals surface area contributed by atoms with Crippen LogP contribution in [0.4, 0.5) is 28.0 Å². The zero-order valence-electron chi connectivity index (χ0n) is 22.2. The van der Waals surface area contributed by atoms with Gasteiger partial charge in [0.2, 0.25) is 0 Å². The Morgan fingerprint density at radius 3 is 2.68 bits per heavy atom. The molecule has 214 valence electrons. The predicted octanol–water partition coefficient (Wildman–Crippen LogP) is 4.52. The molecule has 3 aliphatic heterocycles. The van der Waals surface area contributed by atoms with E-state index in [1.807, 2.05) is 4.90 Å². The Bertz CT molecular complexity index is 1550. The Balaban J connectivity index is 1.43. The van der Waals surface area contributed by atoms with Gasteiger partial charge in [0.1, 0.15) is 23.7 Å². The van der Waals surface area contributed by atoms with Crippen molar-refractivity contribution in [2.45, 2.75) is 33.1 Å². The minimum absolute atomic E-state index is 0.230. The zero-order valence-corrected chi connectivity index (χ0v) is 22.2. The van der Waals surface area contributed by atoms with Gasteiger partial charge in [0, 0.05) is 18.3 Å². The van der Waals surface area contributed by atoms with E-state index in [2.05, 4.69) is 25.7 Å². The van der Waals surface area contributed by atoms with Crippen LogP contribution >= 0.6 is 0 Å². The van der Waals surface area contributed by atoms with Gasteiger partial charge >= 0.3 is 12.3 Å². The number of aliphatic imine (C=N–C) groups is 2. The molecule has 4 heterocycles. The molecule has 0 atom stereocenters. The van der Waals surface area contributed by atoms with Gasteiger partial charge in [-0.25, -0.2) is 19.6 Å². The zero-order chi connectivity index (χ0) is 29.5. The summed E-state index contributed by atoms with van der Waals surface area (Å²) in [6.45, 7) is 6.50. The Hall–Kier alpha value is -4.75. The molecule has 2 N–H and O–H groups in total. The summed E-state index contributed by atoms with van der Waals surface area (Å²) in [5.41, 5.74) is 3.97. The van der Waals surface area contributed by atoms with E-state index in [1.165, 1.54) is 23.5 Å². The monoisotopic (exact) mass is 571 g/mol. The van der Waals surface area contributed by atoms with Gasteiger partial charge in [-0.3, -0.25) is 19.8 Å². The van der Waals surface area contributed by atoms with Gasteiger partial charge < -0.3 is 15.0 Å². The number of ether oxygens (including phenoxy) is 1. The van der Waals surface area contributed by atoms with Gasteiger partial charge in [-0.15, -0.1) is 0 Å². The standard InChI is InChI=1S/C27H25F4N7O3/c1-14(2)41-26(40)36-37-12-23-21(34-13-37)11-18(24-33-6-7-38(23)24)17-10-20(19(28)8-15(17)3)35-25(39)22-9-16(4-5-32-22)27(29,30)31/h4-5,8-11,13-14H,6-7,12H2,1-3H3,(H,35,39)(H,36,40). The van der Waals surface area contributed by atoms with Crippen LogP contribution in [0, 0.1) is 12.7 Å². The second kappa shape index (κ2) is 10.7. The number of hydrogen-bond donors (Lipinski definition) is 2. The molecule has 0 unspecified atom stereocenters. The first-order valence-electron chi connectivity index (χ1n) is 12.6. The van der Waals surface area contributed by atoms with Crippen molar-refractivity contribution in [1.29, 1.82) is 0 Å². The number of halogens is 4. The van der Waals surface area contributed by atoms with Crippen LogP contribution in [0.3, 0.4) is 0 Å². The maximum atomic E-state index is 14.9. The van der Waals surface area contributed by atoms with Crippen molar-refractivity contribution in [1.82, 2.24) is 20.3 Å². The second-order valence-corrected chi connectivity index (χ2v) is 9.71. The number of carbonyl (C=O) groups is 2. The largest absolute Gasteiger partial charge is 0.446 e. The molecule has 14 heteroatoms. The van der Waals surface area contributed by atoms with Gasteiger partial charge in [-0.2, -0.15) is 13.2 Å². The topological polar surface area (TPSA) is 112 Å². The summed E-state index contributed by atoms with van der Waals surface area (Å²) in [6.07, 6.45) is -1.46. The minimum Gasteiger partial charge on any atom is -0.446 e. The Labute approximate surface area is 232 Å². The summed E-state index contributed by atoms with van der Waals surface area (Å²) < 4.78 is 59.4. The number of pyridine rings is 1. The van der Waals surface area contributed by atoms with Crippen LogP contribution < -0.4 is 10.7 Å². The third kappa shape index (κ3) is 5.76. The fourth-order valence-corrected chi connectivity index (χ4v) is 4.58. The number of aryl methyl sites for hydroxylation is 1. The molecule has 10 nitrogen and oxygen atoms in total. The van der Waals surface area contributed by atoms with Crippen molar-refractivity contribution >= 4 is 35.4 Å². The molecule has 41 heavy (non-hydrogen) atoms. The van der Waals surface area contributed by atoms with Crippen molar-refractivity contribution in [2.24, 2.45) is 9.98 Å². The van der Waals surface area contributed by atoms with Crippen LogP contribution in [0.25, 0.3) is 5.57 Å². The van der Waals surface area contributed by atoms with Crippen LogP contribution in [0.15, 0.2) is 57.9 Å². The number of hydrogen-bond acceptors (Lipinski definition) is 8. The first-order chi connectivity index (χ1) is 19.4. The summed E-state index contributed by atoms with van der Waals surface area (Å²) in [7, 11) is 0. The molecule has 0 saturated carbocycles. The third-order valence-electron chi connectivity index (χ3n) is 6.39. The van der Waals surface area contributed by atoms with E-state index >= 15 is 0 Å². The number of hydrazine groups is 1. The van der Waals surface area contributed by atoms with E-state index in [-0.39, 0.29) is 11.8 Å². The minimum atomic E-state index is -4.67. The summed E-state index contributed by atoms with van der Waals surface area (Å²) >= 11 is 0. The average Bonchev–Trinajstić information content (AvgIpc) is 3.39. The molecule has 1 aromatic heterocycles. The number of anilines is 1. The molecule has 2 amide bonds. The highest BCUT2D eigenvalue weighted by Gasteiger charge is 2.34. The number of allylic oxidation sites excluding steroid dienone is 1. The molecule has 0 bridgehead atoms. The van der Waals surface area contributed by atoms with Crippen LogP contribution in [-0.4, -0.2) is 64.8 Å². The molecule has 0 spiro atoms. The van der Waals surface area contributed by atoms with Gasteiger partial charge in [0.15, 0.2) is 0 Å². The molecule has 0 aliphatic carbocycles. The Kier molecular flexibility index (Phi) is 7.24. The van der Waals surface area contributed by atoms with Gasteiger partial charge in [0.25, 0.3) is 5.91 Å². The van der Waals surface area contributed by atoms with E-state index in [1.54, 1.807) is 26.8 Å². The van der Waals surface area contributed by atoms with Crippen molar-refractivity contribution in [3.63, 3.8) is 0 Å². The highest BCUT2D eigenvalue weighted by molar-refractivity contribution is 6.25. The number of amidine groups is 1. The van der Waals surface area contributed by atoms with Gasteiger partial charge in [-0.05, 0) is 62.2 Å². The van der Waals surface area contributed by atoms with E-state index in [0.717, 1.165) is 18.0 Å². The van der Waals surface area contributed by atoms with Crippen LogP contribution in [-0.2, 0) is 10.9 Å². The van der Waals surface area contributed by atoms with Crippen molar-refractivity contribution < 1.29 is 31.9 Å². The number of amides is 2. The molecular formula is C27H25F4N7O3. The molecule has 0 radical (unpaired) electrons. The molecule has 1 aromatic carbocycles. The maximum Gasteiger partial charge on any atom is 0.426 e. The number of rotatable bonds is 5. The molecule has 0 fully saturated rings. The fourth-order valence-electron chi connectivity index (χ4n) is 4.58. The molecular weight excluding hydrogens is 546 g/mol. The lowest BCUT2D eigenvalue weighted by Gasteiger charge is -2.35. The molecule has 2 aromatic rings. The predicted molar refractivity (Wildman–Crippen MR) is 142 cm³/mol. The summed E-state index contributed by atoms with van der Waals surface area (Å²) in [5, 5.41) is 3.84. The summed E-state index contributed by atoms with van der Waals surface area (Å²) in [5.74, 6) is -1.15. The van der Waals surface area contributed by atoms with Crippen molar-refractivity contribution in [2.75, 3.05) is 25.0 Å². The van der Waals surface area contributed by atoms with Crippen LogP contribution in [0.5, 0.6) is 0 Å². The van der Waals surface area contributed by atoms with Gasteiger partial charge in [-0.1, -0.05) is 0 Å². The lowest BCUT2D eigenvalue weighted by Crippen LogP contribution is -2.48. The number of nitrogens with one attached hydrogen (secondary N) is 2. The smallest absolute Gasteiger partial charge is 0.426 e. The molecule has 3 aliphatic rings. The van der Waals surface area contributed by atoms with Crippen molar-refractivity contribution in [3.8, 4) is 0 Å². The van der Waals surface area contributed by atoms with Crippen LogP contribution in [0.2, 0.25) is 0 Å². The molecule has 5 rings (SSSR count). The maximum absolute atomic E-state index is 14.9. The third-order valence-corrected chi connectivity index (χ3v) is 6.39. The summed E-state index contributed by atoms with van der Waals surface area (Å²) in [4.78, 5) is 39.6. The Morgan fingerprint density at radius 2 is 1.95 bits per heavy atom. The SMILES string of the molecule is Cc1cc(F)c(NC(=O)c2cc(C(F)(F)F)ccn2)cc1C1=CC2=C(CN(NC(=O)OC(C)C)C=N2)N2CCN=C12. The summed E-state index contributed by atoms with van der Waals surface area (Å²) in [6, 6.07) is 3.99. The molecule has 0 saturated heterocycles. The van der Waals surface area contributed by atoms with Gasteiger partial charge in [0.05, 0.1) is 41.8 Å². The van der Waals surface area contributed by atoms with Crippen molar-refractivity contribution in [3.05, 3.63) is 76.1 Å². The normalized spacial score (nSPS) is 16.3. The van der Waals surface area contributed by atoms with E-state index in [4.69, 9.17) is 4.74 Å². The number of carbonyl (C=O) groups excluding carboxylic acids is 2. The quantitative estimate of drug-likeness (QED) is 0.511. The highest BCUT2D eigenvalue weighted by atomic mass is 19.4. The Morgan fingerprint density at radius 1 is 1.17 bits per heavy atom. The number of aromatic nitrogens is 1. The highest BCUT2D eigenvalue weighted by Crippen LogP contribution is 2.36. The number of alkyl halides is 3. The lowest BCUT2D eigenvalue weighted by atomic mass is 9.94. The fraction of sp³-hybridized carbons (Fsp3) is 0.296.